The van der Waals surface area contributed by atoms with Crippen LogP contribution in [-0.2, 0) is 4.79 Å². The topological polar surface area (TPSA) is 41.1 Å². The minimum atomic E-state index is 0.240. The van der Waals surface area contributed by atoms with Gasteiger partial charge in [0.25, 0.3) is 0 Å². The highest BCUT2D eigenvalue weighted by Gasteiger charge is 2.40. The van der Waals surface area contributed by atoms with Gasteiger partial charge in [0.2, 0.25) is 5.91 Å². The third-order valence-corrected chi connectivity index (χ3v) is 4.50. The van der Waals surface area contributed by atoms with Gasteiger partial charge in [-0.15, -0.1) is 0 Å². The van der Waals surface area contributed by atoms with Crippen molar-refractivity contribution in [3.05, 3.63) is 0 Å². The molecule has 3 nitrogen and oxygen atoms in total. The highest BCUT2D eigenvalue weighted by molar-refractivity contribution is 5.79. The number of amides is 1. The van der Waals surface area contributed by atoms with Crippen molar-refractivity contribution in [1.82, 2.24) is 10.6 Å². The maximum Gasteiger partial charge on any atom is 0.224 e. The molecule has 15 heavy (non-hydrogen) atoms. The highest BCUT2D eigenvalue weighted by atomic mass is 16.2. The SMILES string of the molecule is O=C(NC1CC2CCC1C2)[C@@H]1CCNC1. The molecule has 84 valence electrons. The van der Waals surface area contributed by atoms with E-state index in [-0.39, 0.29) is 5.92 Å². The molecule has 3 unspecified atom stereocenters. The van der Waals surface area contributed by atoms with Crippen LogP contribution < -0.4 is 10.6 Å². The second-order valence-corrected chi connectivity index (χ2v) is 5.48. The fraction of sp³-hybridized carbons (Fsp3) is 0.917. The molecule has 3 rings (SSSR count). The molecule has 1 amide bonds. The Kier molecular flexibility index (Phi) is 2.43. The lowest BCUT2D eigenvalue weighted by molar-refractivity contribution is -0.125. The molecule has 1 saturated heterocycles. The first kappa shape index (κ1) is 9.64. The van der Waals surface area contributed by atoms with Crippen molar-refractivity contribution in [2.45, 2.75) is 38.1 Å². The van der Waals surface area contributed by atoms with E-state index in [1.54, 1.807) is 0 Å². The number of fused-ring (bicyclic) bond motifs is 2. The average molecular weight is 208 g/mol. The van der Waals surface area contributed by atoms with Crippen LogP contribution >= 0.6 is 0 Å². The smallest absolute Gasteiger partial charge is 0.224 e. The molecule has 0 aromatic carbocycles. The maximum atomic E-state index is 11.9. The summed E-state index contributed by atoms with van der Waals surface area (Å²) in [6.45, 7) is 1.89. The zero-order chi connectivity index (χ0) is 10.3. The molecule has 2 aliphatic carbocycles. The van der Waals surface area contributed by atoms with Crippen molar-refractivity contribution in [2.24, 2.45) is 17.8 Å². The van der Waals surface area contributed by atoms with E-state index in [1.807, 2.05) is 0 Å². The highest BCUT2D eigenvalue weighted by Crippen LogP contribution is 2.44. The summed E-state index contributed by atoms with van der Waals surface area (Å²) in [4.78, 5) is 11.9. The van der Waals surface area contributed by atoms with Crippen LogP contribution in [-0.4, -0.2) is 25.0 Å². The summed E-state index contributed by atoms with van der Waals surface area (Å²) in [6, 6.07) is 0.511. The van der Waals surface area contributed by atoms with Crippen molar-refractivity contribution in [2.75, 3.05) is 13.1 Å². The van der Waals surface area contributed by atoms with E-state index in [0.29, 0.717) is 11.9 Å². The van der Waals surface area contributed by atoms with Gasteiger partial charge in [-0.3, -0.25) is 4.79 Å². The van der Waals surface area contributed by atoms with Gasteiger partial charge in [-0.1, -0.05) is 6.42 Å². The van der Waals surface area contributed by atoms with Gasteiger partial charge in [0.1, 0.15) is 0 Å². The van der Waals surface area contributed by atoms with E-state index < -0.39 is 0 Å². The standard InChI is InChI=1S/C12H20N2O/c15-12(10-3-4-13-7-10)14-11-6-8-1-2-9(11)5-8/h8-11,13H,1-7H2,(H,14,15)/t8?,9?,10-,11?/m1/s1. The molecule has 1 heterocycles. The Balaban J connectivity index is 1.54. The third kappa shape index (κ3) is 1.78. The number of carbonyl (C=O) groups excluding carboxylic acids is 1. The summed E-state index contributed by atoms with van der Waals surface area (Å²) in [6.07, 6.45) is 6.39. The largest absolute Gasteiger partial charge is 0.353 e. The van der Waals surface area contributed by atoms with Crippen LogP contribution in [0.4, 0.5) is 0 Å². The minimum absolute atomic E-state index is 0.240. The Morgan fingerprint density at radius 1 is 1.20 bits per heavy atom. The van der Waals surface area contributed by atoms with E-state index in [4.69, 9.17) is 0 Å². The Bertz CT molecular complexity index is 260. The lowest BCUT2D eigenvalue weighted by Gasteiger charge is -2.24. The summed E-state index contributed by atoms with van der Waals surface area (Å²) in [7, 11) is 0. The van der Waals surface area contributed by atoms with Gasteiger partial charge in [-0.2, -0.15) is 0 Å². The lowest BCUT2D eigenvalue weighted by atomic mass is 9.94. The second kappa shape index (κ2) is 3.78. The quantitative estimate of drug-likeness (QED) is 0.708. The van der Waals surface area contributed by atoms with Crippen LogP contribution in [0, 0.1) is 17.8 Å². The molecule has 0 spiro atoms. The molecule has 3 aliphatic rings. The van der Waals surface area contributed by atoms with Crippen molar-refractivity contribution in [1.29, 1.82) is 0 Å². The van der Waals surface area contributed by atoms with Gasteiger partial charge >= 0.3 is 0 Å². The average Bonchev–Trinajstić information content (AvgIpc) is 2.95. The molecule has 3 fully saturated rings. The van der Waals surface area contributed by atoms with Gasteiger partial charge in [0.15, 0.2) is 0 Å². The van der Waals surface area contributed by atoms with E-state index in [1.165, 1.54) is 25.7 Å². The fourth-order valence-electron chi connectivity index (χ4n) is 3.60. The number of rotatable bonds is 2. The summed E-state index contributed by atoms with van der Waals surface area (Å²) in [5.74, 6) is 2.26. The predicted octanol–water partition coefficient (Wildman–Crippen LogP) is 0.901. The van der Waals surface area contributed by atoms with Crippen LogP contribution in [0.25, 0.3) is 0 Å². The van der Waals surface area contributed by atoms with Gasteiger partial charge in [-0.25, -0.2) is 0 Å². The van der Waals surface area contributed by atoms with E-state index in [0.717, 1.165) is 31.3 Å². The molecule has 0 aromatic heterocycles. The summed E-state index contributed by atoms with van der Waals surface area (Å²) < 4.78 is 0. The van der Waals surface area contributed by atoms with E-state index in [9.17, 15) is 4.79 Å². The first-order valence-corrected chi connectivity index (χ1v) is 6.34. The zero-order valence-corrected chi connectivity index (χ0v) is 9.17. The number of hydrogen-bond donors (Lipinski definition) is 2. The van der Waals surface area contributed by atoms with Crippen molar-refractivity contribution >= 4 is 5.91 Å². The number of hydrogen-bond acceptors (Lipinski definition) is 2. The summed E-state index contributed by atoms with van der Waals surface area (Å²) >= 11 is 0. The van der Waals surface area contributed by atoms with Crippen LogP contribution in [0.5, 0.6) is 0 Å². The van der Waals surface area contributed by atoms with Gasteiger partial charge < -0.3 is 10.6 Å². The Hall–Kier alpha value is -0.570. The normalized spacial score (nSPS) is 43.5. The van der Waals surface area contributed by atoms with Crippen molar-refractivity contribution in [3.8, 4) is 0 Å². The Morgan fingerprint density at radius 3 is 2.73 bits per heavy atom. The van der Waals surface area contributed by atoms with Crippen molar-refractivity contribution < 1.29 is 4.79 Å². The molecule has 2 bridgehead atoms. The first-order chi connectivity index (χ1) is 7.33. The molecular weight excluding hydrogens is 188 g/mol. The van der Waals surface area contributed by atoms with Gasteiger partial charge in [0, 0.05) is 12.6 Å². The molecule has 2 saturated carbocycles. The molecule has 2 N–H and O–H groups in total. The number of nitrogens with one attached hydrogen (secondary N) is 2. The summed E-state index contributed by atoms with van der Waals surface area (Å²) in [5.41, 5.74) is 0. The zero-order valence-electron chi connectivity index (χ0n) is 9.17. The van der Waals surface area contributed by atoms with Crippen LogP contribution in [0.1, 0.15) is 32.1 Å². The van der Waals surface area contributed by atoms with E-state index in [2.05, 4.69) is 10.6 Å². The predicted molar refractivity (Wildman–Crippen MR) is 58.4 cm³/mol. The lowest BCUT2D eigenvalue weighted by Crippen LogP contribution is -2.42. The monoisotopic (exact) mass is 208 g/mol. The summed E-state index contributed by atoms with van der Waals surface area (Å²) in [5, 5.41) is 6.52. The Morgan fingerprint density at radius 2 is 2.13 bits per heavy atom. The van der Waals surface area contributed by atoms with Crippen LogP contribution in [0.3, 0.4) is 0 Å². The second-order valence-electron chi connectivity index (χ2n) is 5.48. The van der Waals surface area contributed by atoms with Gasteiger partial charge in [0.05, 0.1) is 5.92 Å². The van der Waals surface area contributed by atoms with Crippen molar-refractivity contribution in [3.63, 3.8) is 0 Å². The first-order valence-electron chi connectivity index (χ1n) is 6.34. The molecule has 4 atom stereocenters. The molecule has 0 radical (unpaired) electrons. The van der Waals surface area contributed by atoms with E-state index >= 15 is 0 Å². The van der Waals surface area contributed by atoms with Gasteiger partial charge in [-0.05, 0) is 44.1 Å². The molecule has 0 aromatic rings. The molecule has 3 heteroatoms. The fourth-order valence-corrected chi connectivity index (χ4v) is 3.60. The maximum absolute atomic E-state index is 11.9. The minimum Gasteiger partial charge on any atom is -0.353 e. The number of carbonyl (C=O) groups is 1. The molecule has 1 aliphatic heterocycles. The van der Waals surface area contributed by atoms with Crippen LogP contribution in [0.2, 0.25) is 0 Å². The Labute approximate surface area is 91.0 Å². The molecular formula is C12H20N2O. The third-order valence-electron chi connectivity index (χ3n) is 4.50. The van der Waals surface area contributed by atoms with Crippen LogP contribution in [0.15, 0.2) is 0 Å².